The lowest BCUT2D eigenvalue weighted by Gasteiger charge is -2.20. The quantitative estimate of drug-likeness (QED) is 0.836. The molecule has 0 aliphatic heterocycles. The van der Waals surface area contributed by atoms with Crippen LogP contribution in [0.2, 0.25) is 5.15 Å². The Hall–Kier alpha value is -0.870. The van der Waals surface area contributed by atoms with Gasteiger partial charge in [0.1, 0.15) is 16.8 Å². The fourth-order valence-electron chi connectivity index (χ4n) is 1.73. The van der Waals surface area contributed by atoms with Gasteiger partial charge < -0.3 is 10.2 Å². The summed E-state index contributed by atoms with van der Waals surface area (Å²) in [5, 5.41) is 3.94. The van der Waals surface area contributed by atoms with Crippen molar-refractivity contribution in [2.45, 2.75) is 39.7 Å². The molecule has 0 aliphatic rings. The monoisotopic (exact) mass is 270 g/mol. The van der Waals surface area contributed by atoms with Gasteiger partial charge >= 0.3 is 0 Å². The van der Waals surface area contributed by atoms with E-state index in [1.807, 2.05) is 6.92 Å². The van der Waals surface area contributed by atoms with Gasteiger partial charge in [0.15, 0.2) is 0 Å². The Labute approximate surface area is 115 Å². The zero-order valence-electron chi connectivity index (χ0n) is 12.1. The van der Waals surface area contributed by atoms with Crippen LogP contribution in [-0.2, 0) is 0 Å². The standard InChI is InChI=1S/C13H23ClN4/c1-8(2)12-16-11(14)10(4)13(17-12)15-9(3)7-18(5)6/h8-9H,7H2,1-6H3,(H,15,16,17). The summed E-state index contributed by atoms with van der Waals surface area (Å²) in [4.78, 5) is 11.0. The number of likely N-dealkylation sites (N-methyl/N-ethyl adjacent to an activating group) is 1. The molecule has 1 atom stereocenters. The first kappa shape index (κ1) is 15.2. The second kappa shape index (κ2) is 6.34. The minimum absolute atomic E-state index is 0.271. The molecule has 0 fully saturated rings. The Kier molecular flexibility index (Phi) is 5.35. The summed E-state index contributed by atoms with van der Waals surface area (Å²) in [7, 11) is 4.11. The first-order chi connectivity index (χ1) is 8.31. The SMILES string of the molecule is Cc1c(Cl)nc(C(C)C)nc1NC(C)CN(C)C. The number of nitrogens with one attached hydrogen (secondary N) is 1. The molecule has 1 rings (SSSR count). The van der Waals surface area contributed by atoms with Gasteiger partial charge in [0.2, 0.25) is 0 Å². The fraction of sp³-hybridized carbons (Fsp3) is 0.692. The lowest BCUT2D eigenvalue weighted by atomic mass is 10.2. The van der Waals surface area contributed by atoms with Gasteiger partial charge in [-0.25, -0.2) is 9.97 Å². The Morgan fingerprint density at radius 3 is 2.33 bits per heavy atom. The highest BCUT2D eigenvalue weighted by Crippen LogP contribution is 2.23. The van der Waals surface area contributed by atoms with Crippen molar-refractivity contribution >= 4 is 17.4 Å². The molecular formula is C13H23ClN4. The van der Waals surface area contributed by atoms with Crippen molar-refractivity contribution in [1.82, 2.24) is 14.9 Å². The number of aromatic nitrogens is 2. The first-order valence-corrected chi connectivity index (χ1v) is 6.64. The molecule has 0 aromatic carbocycles. The lowest BCUT2D eigenvalue weighted by molar-refractivity contribution is 0.391. The van der Waals surface area contributed by atoms with Crippen molar-refractivity contribution in [3.63, 3.8) is 0 Å². The number of hydrogen-bond donors (Lipinski definition) is 1. The van der Waals surface area contributed by atoms with Crippen LogP contribution in [0.3, 0.4) is 0 Å². The third-order valence-electron chi connectivity index (χ3n) is 2.64. The third-order valence-corrected chi connectivity index (χ3v) is 3.01. The van der Waals surface area contributed by atoms with Gasteiger partial charge in [-0.1, -0.05) is 25.4 Å². The molecule has 4 nitrogen and oxygen atoms in total. The smallest absolute Gasteiger partial charge is 0.137 e. The topological polar surface area (TPSA) is 41.1 Å². The summed E-state index contributed by atoms with van der Waals surface area (Å²) >= 11 is 6.15. The number of nitrogens with zero attached hydrogens (tertiary/aromatic N) is 3. The van der Waals surface area contributed by atoms with Crippen LogP contribution in [0.4, 0.5) is 5.82 Å². The van der Waals surface area contributed by atoms with Gasteiger partial charge in [-0.3, -0.25) is 0 Å². The molecular weight excluding hydrogens is 248 g/mol. The summed E-state index contributed by atoms with van der Waals surface area (Å²) < 4.78 is 0. The second-order valence-corrected chi connectivity index (χ2v) is 5.67. The average molecular weight is 271 g/mol. The van der Waals surface area contributed by atoms with Crippen LogP contribution in [0.25, 0.3) is 0 Å². The van der Waals surface area contributed by atoms with Crippen LogP contribution in [0.15, 0.2) is 0 Å². The van der Waals surface area contributed by atoms with Crippen LogP contribution in [0.5, 0.6) is 0 Å². The van der Waals surface area contributed by atoms with E-state index in [1.54, 1.807) is 0 Å². The third kappa shape index (κ3) is 4.10. The Morgan fingerprint density at radius 1 is 1.22 bits per heavy atom. The highest BCUT2D eigenvalue weighted by Gasteiger charge is 2.13. The fourth-order valence-corrected chi connectivity index (χ4v) is 1.91. The molecule has 1 unspecified atom stereocenters. The minimum atomic E-state index is 0.271. The summed E-state index contributed by atoms with van der Waals surface area (Å²) in [6.45, 7) is 9.14. The first-order valence-electron chi connectivity index (χ1n) is 6.26. The van der Waals surface area contributed by atoms with E-state index in [0.29, 0.717) is 11.2 Å². The van der Waals surface area contributed by atoms with Crippen molar-refractivity contribution in [2.75, 3.05) is 26.0 Å². The Bertz CT molecular complexity index is 404. The van der Waals surface area contributed by atoms with E-state index >= 15 is 0 Å². The Balaban J connectivity index is 2.93. The molecule has 0 amide bonds. The van der Waals surface area contributed by atoms with Crippen LogP contribution in [0, 0.1) is 6.92 Å². The van der Waals surface area contributed by atoms with Crippen molar-refractivity contribution in [1.29, 1.82) is 0 Å². The van der Waals surface area contributed by atoms with Crippen LogP contribution >= 0.6 is 11.6 Å². The molecule has 1 aromatic rings. The molecule has 0 spiro atoms. The number of anilines is 1. The largest absolute Gasteiger partial charge is 0.366 e. The average Bonchev–Trinajstić information content (AvgIpc) is 2.22. The van der Waals surface area contributed by atoms with E-state index in [-0.39, 0.29) is 5.92 Å². The summed E-state index contributed by atoms with van der Waals surface area (Å²) in [6, 6.07) is 0.310. The molecule has 0 saturated heterocycles. The maximum Gasteiger partial charge on any atom is 0.137 e. The predicted octanol–water partition coefficient (Wildman–Crippen LogP) is 2.92. The summed E-state index contributed by atoms with van der Waals surface area (Å²) in [6.07, 6.45) is 0. The van der Waals surface area contributed by atoms with Gasteiger partial charge in [-0.2, -0.15) is 0 Å². The van der Waals surface area contributed by atoms with Crippen LogP contribution in [-0.4, -0.2) is 41.5 Å². The molecule has 0 radical (unpaired) electrons. The van der Waals surface area contributed by atoms with Gasteiger partial charge in [0, 0.05) is 24.1 Å². The molecule has 1 N–H and O–H groups in total. The van der Waals surface area contributed by atoms with Crippen molar-refractivity contribution in [3.8, 4) is 0 Å². The molecule has 5 heteroatoms. The van der Waals surface area contributed by atoms with Crippen molar-refractivity contribution < 1.29 is 0 Å². The van der Waals surface area contributed by atoms with Crippen molar-refractivity contribution in [3.05, 3.63) is 16.5 Å². The van der Waals surface area contributed by atoms with E-state index in [0.717, 1.165) is 23.8 Å². The molecule has 1 heterocycles. The summed E-state index contributed by atoms with van der Waals surface area (Å²) in [5.74, 6) is 1.89. The van der Waals surface area contributed by atoms with Crippen LogP contribution in [0.1, 0.15) is 38.1 Å². The zero-order valence-corrected chi connectivity index (χ0v) is 12.8. The van der Waals surface area contributed by atoms with Gasteiger partial charge in [0.25, 0.3) is 0 Å². The molecule has 0 bridgehead atoms. The summed E-state index contributed by atoms with van der Waals surface area (Å²) in [5.41, 5.74) is 0.909. The Morgan fingerprint density at radius 2 is 1.83 bits per heavy atom. The lowest BCUT2D eigenvalue weighted by Crippen LogP contribution is -2.30. The van der Waals surface area contributed by atoms with Gasteiger partial charge in [-0.15, -0.1) is 0 Å². The molecule has 1 aromatic heterocycles. The number of hydrogen-bond acceptors (Lipinski definition) is 4. The van der Waals surface area contributed by atoms with E-state index < -0.39 is 0 Å². The number of rotatable bonds is 5. The van der Waals surface area contributed by atoms with Gasteiger partial charge in [-0.05, 0) is 27.9 Å². The maximum absolute atomic E-state index is 6.15. The second-order valence-electron chi connectivity index (χ2n) is 5.31. The normalized spacial score (nSPS) is 13.2. The van der Waals surface area contributed by atoms with E-state index in [1.165, 1.54) is 0 Å². The highest BCUT2D eigenvalue weighted by molar-refractivity contribution is 6.30. The van der Waals surface area contributed by atoms with E-state index in [9.17, 15) is 0 Å². The zero-order chi connectivity index (χ0) is 13.9. The van der Waals surface area contributed by atoms with Crippen molar-refractivity contribution in [2.24, 2.45) is 0 Å². The molecule has 18 heavy (non-hydrogen) atoms. The molecule has 0 aliphatic carbocycles. The predicted molar refractivity (Wildman–Crippen MR) is 77.5 cm³/mol. The maximum atomic E-state index is 6.15. The van der Waals surface area contributed by atoms with Gasteiger partial charge in [0.05, 0.1) is 0 Å². The van der Waals surface area contributed by atoms with Crippen LogP contribution < -0.4 is 5.32 Å². The molecule has 0 saturated carbocycles. The minimum Gasteiger partial charge on any atom is -0.366 e. The van der Waals surface area contributed by atoms with E-state index in [2.05, 4.69) is 55.1 Å². The number of halogens is 1. The molecule has 102 valence electrons. The highest BCUT2D eigenvalue weighted by atomic mass is 35.5. The van der Waals surface area contributed by atoms with E-state index in [4.69, 9.17) is 11.6 Å².